The summed E-state index contributed by atoms with van der Waals surface area (Å²) < 4.78 is 5.98. The molecule has 36 heavy (non-hydrogen) atoms. The molecule has 0 unspecified atom stereocenters. The molecule has 0 bridgehead atoms. The zero-order valence-electron chi connectivity index (χ0n) is 23.1. The van der Waals surface area contributed by atoms with Gasteiger partial charge >= 0.3 is 11.9 Å². The minimum absolute atomic E-state index is 0.0298. The summed E-state index contributed by atoms with van der Waals surface area (Å²) in [4.78, 5) is 35.5. The molecular formula is C31H50O5. The summed E-state index contributed by atoms with van der Waals surface area (Å²) >= 11 is 0. The summed E-state index contributed by atoms with van der Waals surface area (Å²) in [6.45, 7) is 6.79. The maximum atomic E-state index is 12.5. The van der Waals surface area contributed by atoms with Crippen LogP contribution in [0.2, 0.25) is 0 Å². The highest BCUT2D eigenvalue weighted by atomic mass is 16.5. The number of carboxylic acids is 1. The van der Waals surface area contributed by atoms with E-state index in [-0.39, 0.29) is 29.8 Å². The molecule has 4 rings (SSSR count). The van der Waals surface area contributed by atoms with Crippen molar-refractivity contribution < 1.29 is 24.2 Å². The summed E-state index contributed by atoms with van der Waals surface area (Å²) in [7, 11) is 0. The first-order chi connectivity index (χ1) is 17.1. The summed E-state index contributed by atoms with van der Waals surface area (Å²) in [6, 6.07) is 0. The van der Waals surface area contributed by atoms with E-state index in [2.05, 4.69) is 13.8 Å². The van der Waals surface area contributed by atoms with Crippen molar-refractivity contribution in [1.82, 2.24) is 0 Å². The zero-order valence-corrected chi connectivity index (χ0v) is 23.1. The van der Waals surface area contributed by atoms with Gasteiger partial charge in [-0.05, 0) is 112 Å². The Bertz CT molecular complexity index is 807. The standard InChI is InChI=1S/C31H50O5/c1-21(32)25-14-15-26-24-13-12-22-20-23(16-18-30(22,2)27(24)17-19-31(25,26)3)36-29(35)11-9-7-5-4-6-8-10-28(33)34/h22-27H,4-20H2,1-3H3,(H,33,34)/t22-,23+,24-,25+,26-,27-,30-,31+/m0/s1. The second kappa shape index (κ2) is 11.6. The average Bonchev–Trinajstić information content (AvgIpc) is 3.18. The molecule has 0 aromatic heterocycles. The van der Waals surface area contributed by atoms with Crippen molar-refractivity contribution in [3.63, 3.8) is 0 Å². The van der Waals surface area contributed by atoms with E-state index in [4.69, 9.17) is 9.84 Å². The van der Waals surface area contributed by atoms with Gasteiger partial charge in [-0.2, -0.15) is 0 Å². The number of rotatable bonds is 11. The molecular weight excluding hydrogens is 452 g/mol. The van der Waals surface area contributed by atoms with Gasteiger partial charge in [-0.15, -0.1) is 0 Å². The molecule has 0 spiro atoms. The molecule has 5 nitrogen and oxygen atoms in total. The van der Waals surface area contributed by atoms with Crippen LogP contribution in [0.4, 0.5) is 0 Å². The highest BCUT2D eigenvalue weighted by molar-refractivity contribution is 5.79. The fourth-order valence-corrected chi connectivity index (χ4v) is 9.49. The molecule has 0 aromatic carbocycles. The van der Waals surface area contributed by atoms with Crippen molar-refractivity contribution >= 4 is 17.7 Å². The van der Waals surface area contributed by atoms with E-state index in [1.54, 1.807) is 0 Å². The summed E-state index contributed by atoms with van der Waals surface area (Å²) in [5.41, 5.74) is 0.587. The van der Waals surface area contributed by atoms with E-state index >= 15 is 0 Å². The van der Waals surface area contributed by atoms with Crippen LogP contribution >= 0.6 is 0 Å². The number of ether oxygens (including phenoxy) is 1. The highest BCUT2D eigenvalue weighted by Crippen LogP contribution is 2.67. The van der Waals surface area contributed by atoms with Crippen LogP contribution in [-0.2, 0) is 19.1 Å². The molecule has 5 heteroatoms. The lowest BCUT2D eigenvalue weighted by Crippen LogP contribution is -2.54. The van der Waals surface area contributed by atoms with Gasteiger partial charge in [-0.1, -0.05) is 39.5 Å². The fourth-order valence-electron chi connectivity index (χ4n) is 9.49. The van der Waals surface area contributed by atoms with Crippen molar-refractivity contribution in [3.8, 4) is 0 Å². The molecule has 8 atom stereocenters. The Hall–Kier alpha value is -1.39. The molecule has 4 aliphatic carbocycles. The van der Waals surface area contributed by atoms with E-state index in [0.29, 0.717) is 23.5 Å². The van der Waals surface area contributed by atoms with Gasteiger partial charge in [0.1, 0.15) is 11.9 Å². The molecule has 4 aliphatic rings. The molecule has 0 heterocycles. The number of carboxylic acid groups (broad SMARTS) is 1. The quantitative estimate of drug-likeness (QED) is 0.236. The van der Waals surface area contributed by atoms with E-state index in [0.717, 1.165) is 75.5 Å². The first-order valence-electron chi connectivity index (χ1n) is 15.1. The Morgan fingerprint density at radius 1 is 0.778 bits per heavy atom. The SMILES string of the molecule is CC(=O)[C@H]1CC[C@H]2[C@@H]3CC[C@H]4C[C@H](OC(=O)CCCCCCCCC(=O)O)CC[C@]4(C)[C@H]3CC[C@]12C. The number of fused-ring (bicyclic) bond motifs is 5. The van der Waals surface area contributed by atoms with E-state index < -0.39 is 5.97 Å². The molecule has 0 amide bonds. The minimum Gasteiger partial charge on any atom is -0.481 e. The van der Waals surface area contributed by atoms with Crippen LogP contribution in [0, 0.1) is 40.4 Å². The number of ketones is 1. The number of carbonyl (C=O) groups excluding carboxylic acids is 2. The lowest BCUT2D eigenvalue weighted by atomic mass is 9.44. The highest BCUT2D eigenvalue weighted by Gasteiger charge is 2.60. The predicted molar refractivity (Wildman–Crippen MR) is 140 cm³/mol. The Balaban J connectivity index is 1.21. The second-order valence-electron chi connectivity index (χ2n) is 13.3. The van der Waals surface area contributed by atoms with Crippen LogP contribution < -0.4 is 0 Å². The van der Waals surface area contributed by atoms with Crippen molar-refractivity contribution in [2.24, 2.45) is 40.4 Å². The van der Waals surface area contributed by atoms with Crippen LogP contribution in [-0.4, -0.2) is 28.9 Å². The molecule has 0 aromatic rings. The first-order valence-corrected chi connectivity index (χ1v) is 15.1. The van der Waals surface area contributed by atoms with Crippen LogP contribution in [0.25, 0.3) is 0 Å². The molecule has 0 aliphatic heterocycles. The molecule has 204 valence electrons. The van der Waals surface area contributed by atoms with Crippen molar-refractivity contribution in [1.29, 1.82) is 0 Å². The fraction of sp³-hybridized carbons (Fsp3) is 0.903. The third kappa shape index (κ3) is 5.70. The van der Waals surface area contributed by atoms with Crippen molar-refractivity contribution in [2.75, 3.05) is 0 Å². The molecule has 1 N–H and O–H groups in total. The lowest BCUT2D eigenvalue weighted by Gasteiger charge is -2.61. The van der Waals surface area contributed by atoms with E-state index in [1.807, 2.05) is 6.92 Å². The third-order valence-corrected chi connectivity index (χ3v) is 11.4. The molecule has 0 radical (unpaired) electrons. The number of aliphatic carboxylic acids is 1. The number of hydrogen-bond donors (Lipinski definition) is 1. The van der Waals surface area contributed by atoms with Gasteiger partial charge in [0.15, 0.2) is 0 Å². The first kappa shape index (κ1) is 27.6. The molecule has 4 fully saturated rings. The number of Topliss-reactive ketones (excluding diaryl/α,β-unsaturated/α-hetero) is 1. The largest absolute Gasteiger partial charge is 0.481 e. The minimum atomic E-state index is -0.716. The summed E-state index contributed by atoms with van der Waals surface area (Å²) in [5.74, 6) is 2.87. The summed E-state index contributed by atoms with van der Waals surface area (Å²) in [6.07, 6.45) is 17.1. The van der Waals surface area contributed by atoms with Crippen molar-refractivity contribution in [3.05, 3.63) is 0 Å². The van der Waals surface area contributed by atoms with Crippen LogP contribution in [0.15, 0.2) is 0 Å². The van der Waals surface area contributed by atoms with E-state index in [9.17, 15) is 14.4 Å². The van der Waals surface area contributed by atoms with Gasteiger partial charge < -0.3 is 9.84 Å². The maximum absolute atomic E-state index is 12.5. The Morgan fingerprint density at radius 3 is 2.11 bits per heavy atom. The monoisotopic (exact) mass is 502 g/mol. The predicted octanol–water partition coefficient (Wildman–Crippen LogP) is 7.35. The number of unbranched alkanes of at least 4 members (excludes halogenated alkanes) is 5. The molecule has 0 saturated heterocycles. The van der Waals surface area contributed by atoms with Gasteiger partial charge in [0, 0.05) is 18.8 Å². The number of carbonyl (C=O) groups is 3. The smallest absolute Gasteiger partial charge is 0.306 e. The Morgan fingerprint density at radius 2 is 1.42 bits per heavy atom. The van der Waals surface area contributed by atoms with Gasteiger partial charge in [0.2, 0.25) is 0 Å². The van der Waals surface area contributed by atoms with Gasteiger partial charge in [0.05, 0.1) is 0 Å². The summed E-state index contributed by atoms with van der Waals surface area (Å²) in [5, 5.41) is 8.68. The van der Waals surface area contributed by atoms with Crippen molar-refractivity contribution in [2.45, 2.75) is 136 Å². The topological polar surface area (TPSA) is 80.7 Å². The third-order valence-electron chi connectivity index (χ3n) is 11.4. The van der Waals surface area contributed by atoms with E-state index in [1.165, 1.54) is 38.5 Å². The Labute approximate surface area is 218 Å². The lowest BCUT2D eigenvalue weighted by molar-refractivity contribution is -0.163. The van der Waals surface area contributed by atoms with Crippen LogP contribution in [0.3, 0.4) is 0 Å². The van der Waals surface area contributed by atoms with Gasteiger partial charge in [-0.25, -0.2) is 0 Å². The average molecular weight is 503 g/mol. The number of esters is 1. The maximum Gasteiger partial charge on any atom is 0.306 e. The van der Waals surface area contributed by atoms with Gasteiger partial charge in [0.25, 0.3) is 0 Å². The zero-order chi connectivity index (χ0) is 25.9. The van der Waals surface area contributed by atoms with Crippen LogP contribution in [0.5, 0.6) is 0 Å². The van der Waals surface area contributed by atoms with Gasteiger partial charge in [-0.3, -0.25) is 14.4 Å². The molecule has 4 saturated carbocycles. The van der Waals surface area contributed by atoms with Crippen LogP contribution in [0.1, 0.15) is 130 Å². The number of hydrogen-bond acceptors (Lipinski definition) is 4. The Kier molecular flexibility index (Phi) is 8.87. The second-order valence-corrected chi connectivity index (χ2v) is 13.3. The normalized spacial score (nSPS) is 39.5.